The Hall–Kier alpha value is -2.86. The molecule has 0 saturated heterocycles. The van der Waals surface area contributed by atoms with Crippen LogP contribution in [0.15, 0.2) is 46.9 Å². The highest BCUT2D eigenvalue weighted by atomic mass is 16.3. The summed E-state index contributed by atoms with van der Waals surface area (Å²) in [6, 6.07) is 13.4. The number of furan rings is 1. The van der Waals surface area contributed by atoms with Gasteiger partial charge in [0.15, 0.2) is 0 Å². The van der Waals surface area contributed by atoms with Crippen molar-refractivity contribution in [1.29, 1.82) is 0 Å². The summed E-state index contributed by atoms with van der Waals surface area (Å²) in [5.41, 5.74) is 3.27. The maximum absolute atomic E-state index is 13.1. The van der Waals surface area contributed by atoms with Crippen molar-refractivity contribution in [1.82, 2.24) is 14.7 Å². The number of benzene rings is 1. The van der Waals surface area contributed by atoms with Crippen LogP contribution in [0.25, 0.3) is 11.3 Å². The molecule has 2 aliphatic rings. The largest absolute Gasteiger partial charge is 0.461 e. The number of aliphatic hydroxyl groups excluding tert-OH is 1. The number of hydrogen-bond donors (Lipinski definition) is 1. The van der Waals surface area contributed by atoms with Crippen LogP contribution in [0.1, 0.15) is 46.5 Å². The Morgan fingerprint density at radius 1 is 1.21 bits per heavy atom. The minimum atomic E-state index is -0.476. The molecule has 1 aliphatic carbocycles. The van der Waals surface area contributed by atoms with Gasteiger partial charge in [0.2, 0.25) is 0 Å². The third-order valence-corrected chi connectivity index (χ3v) is 5.61. The van der Waals surface area contributed by atoms with Gasteiger partial charge in [-0.2, -0.15) is 5.10 Å². The van der Waals surface area contributed by atoms with Gasteiger partial charge in [0, 0.05) is 17.7 Å². The van der Waals surface area contributed by atoms with E-state index in [2.05, 4.69) is 5.10 Å². The van der Waals surface area contributed by atoms with E-state index in [1.54, 1.807) is 0 Å². The van der Waals surface area contributed by atoms with Gasteiger partial charge in [-0.1, -0.05) is 12.1 Å². The molecule has 1 saturated carbocycles. The van der Waals surface area contributed by atoms with Crippen molar-refractivity contribution in [2.24, 2.45) is 5.92 Å². The summed E-state index contributed by atoms with van der Waals surface area (Å²) < 4.78 is 7.61. The molecule has 2 aromatic heterocycles. The number of aryl methyl sites for hydroxylation is 1. The van der Waals surface area contributed by atoms with E-state index >= 15 is 0 Å². The Morgan fingerprint density at radius 2 is 2.07 bits per heavy atom. The Bertz CT molecular complexity index is 1030. The maximum Gasteiger partial charge on any atom is 0.254 e. The van der Waals surface area contributed by atoms with E-state index in [4.69, 9.17) is 4.42 Å². The first kappa shape index (κ1) is 17.3. The predicted molar refractivity (Wildman–Crippen MR) is 104 cm³/mol. The molecule has 0 bridgehead atoms. The summed E-state index contributed by atoms with van der Waals surface area (Å²) in [5, 5.41) is 14.9. The molecule has 1 aromatic carbocycles. The zero-order valence-corrected chi connectivity index (χ0v) is 15.8. The van der Waals surface area contributed by atoms with Crippen molar-refractivity contribution in [3.05, 3.63) is 65.2 Å². The number of nitrogens with zero attached hydrogens (tertiary/aromatic N) is 3. The van der Waals surface area contributed by atoms with Gasteiger partial charge in [0.25, 0.3) is 5.91 Å². The van der Waals surface area contributed by atoms with Gasteiger partial charge in [0.05, 0.1) is 24.5 Å². The van der Waals surface area contributed by atoms with Crippen molar-refractivity contribution in [3.8, 4) is 11.3 Å². The van der Waals surface area contributed by atoms with E-state index in [-0.39, 0.29) is 5.91 Å². The fourth-order valence-corrected chi connectivity index (χ4v) is 3.84. The van der Waals surface area contributed by atoms with E-state index in [0.29, 0.717) is 31.1 Å². The van der Waals surface area contributed by atoms with E-state index in [1.807, 2.05) is 59.0 Å². The van der Waals surface area contributed by atoms with Crippen molar-refractivity contribution in [3.63, 3.8) is 0 Å². The molecule has 0 spiro atoms. The Labute approximate surface area is 163 Å². The van der Waals surface area contributed by atoms with Crippen LogP contribution >= 0.6 is 0 Å². The Morgan fingerprint density at radius 3 is 2.82 bits per heavy atom. The number of aromatic nitrogens is 2. The number of carbonyl (C=O) groups is 1. The van der Waals surface area contributed by atoms with Gasteiger partial charge in [0.1, 0.15) is 17.6 Å². The Balaban J connectivity index is 1.35. The van der Waals surface area contributed by atoms with Crippen molar-refractivity contribution >= 4 is 5.91 Å². The third kappa shape index (κ3) is 3.14. The lowest BCUT2D eigenvalue weighted by Gasteiger charge is -2.27. The first-order valence-electron chi connectivity index (χ1n) is 9.79. The van der Waals surface area contributed by atoms with Gasteiger partial charge >= 0.3 is 0 Å². The fourth-order valence-electron chi connectivity index (χ4n) is 3.84. The molecule has 0 radical (unpaired) electrons. The molecule has 1 unspecified atom stereocenters. The zero-order valence-electron chi connectivity index (χ0n) is 15.8. The summed E-state index contributed by atoms with van der Waals surface area (Å²) in [6.45, 7) is 3.67. The second-order valence-electron chi connectivity index (χ2n) is 7.78. The summed E-state index contributed by atoms with van der Waals surface area (Å²) >= 11 is 0. The normalized spacial score (nSPS) is 17.4. The van der Waals surface area contributed by atoms with Crippen LogP contribution in [-0.2, 0) is 13.1 Å². The van der Waals surface area contributed by atoms with Crippen molar-refractivity contribution < 1.29 is 14.3 Å². The molecule has 144 valence electrons. The molecule has 1 aliphatic heterocycles. The maximum atomic E-state index is 13.1. The SMILES string of the molecule is Cc1ccc(-c2cccc(C(=O)N3CCn4nc(C(O)C5CC5)cc4C3)c2)o1. The van der Waals surface area contributed by atoms with Crippen LogP contribution in [0.2, 0.25) is 0 Å². The van der Waals surface area contributed by atoms with E-state index < -0.39 is 6.10 Å². The molecule has 1 fully saturated rings. The molecular formula is C22H23N3O3. The molecule has 6 heteroatoms. The van der Waals surface area contributed by atoms with Gasteiger partial charge in [-0.15, -0.1) is 0 Å². The number of carbonyl (C=O) groups excluding carboxylic acids is 1. The predicted octanol–water partition coefficient (Wildman–Crippen LogP) is 3.55. The van der Waals surface area contributed by atoms with Crippen LogP contribution < -0.4 is 0 Å². The second kappa shape index (κ2) is 6.63. The lowest BCUT2D eigenvalue weighted by Crippen LogP contribution is -2.38. The smallest absolute Gasteiger partial charge is 0.254 e. The molecule has 28 heavy (non-hydrogen) atoms. The van der Waals surface area contributed by atoms with Crippen LogP contribution in [0, 0.1) is 12.8 Å². The highest BCUT2D eigenvalue weighted by Crippen LogP contribution is 2.40. The molecule has 3 aromatic rings. The number of amides is 1. The van der Waals surface area contributed by atoms with Crippen LogP contribution in [0.5, 0.6) is 0 Å². The second-order valence-corrected chi connectivity index (χ2v) is 7.78. The van der Waals surface area contributed by atoms with Gasteiger partial charge in [-0.05, 0) is 56.0 Å². The fraction of sp³-hybridized carbons (Fsp3) is 0.364. The zero-order chi connectivity index (χ0) is 19.3. The minimum Gasteiger partial charge on any atom is -0.461 e. The molecule has 1 atom stereocenters. The first-order chi connectivity index (χ1) is 13.6. The lowest BCUT2D eigenvalue weighted by molar-refractivity contribution is 0.0705. The minimum absolute atomic E-state index is 0.00173. The van der Waals surface area contributed by atoms with Crippen LogP contribution in [0.4, 0.5) is 0 Å². The van der Waals surface area contributed by atoms with E-state index in [9.17, 15) is 9.90 Å². The van der Waals surface area contributed by atoms with Crippen LogP contribution in [0.3, 0.4) is 0 Å². The van der Waals surface area contributed by atoms with Crippen molar-refractivity contribution in [2.45, 2.75) is 39.0 Å². The summed E-state index contributed by atoms with van der Waals surface area (Å²) in [5.74, 6) is 1.97. The quantitative estimate of drug-likeness (QED) is 0.755. The number of rotatable bonds is 4. The van der Waals surface area contributed by atoms with E-state index in [0.717, 1.165) is 41.3 Å². The van der Waals surface area contributed by atoms with Gasteiger partial charge < -0.3 is 14.4 Å². The molecule has 1 N–H and O–H groups in total. The lowest BCUT2D eigenvalue weighted by atomic mass is 10.1. The monoisotopic (exact) mass is 377 g/mol. The topological polar surface area (TPSA) is 71.5 Å². The highest BCUT2D eigenvalue weighted by Gasteiger charge is 2.33. The summed E-state index contributed by atoms with van der Waals surface area (Å²) in [4.78, 5) is 14.9. The molecule has 1 amide bonds. The molecule has 6 nitrogen and oxygen atoms in total. The molecular weight excluding hydrogens is 354 g/mol. The van der Waals surface area contributed by atoms with E-state index in [1.165, 1.54) is 0 Å². The van der Waals surface area contributed by atoms with Crippen molar-refractivity contribution in [2.75, 3.05) is 6.54 Å². The molecule has 3 heterocycles. The van der Waals surface area contributed by atoms with Gasteiger partial charge in [-0.3, -0.25) is 9.48 Å². The Kier molecular flexibility index (Phi) is 4.09. The van der Waals surface area contributed by atoms with Gasteiger partial charge in [-0.25, -0.2) is 0 Å². The standard InChI is InChI=1S/C22H23N3O3/c1-14-5-8-20(28-14)16-3-2-4-17(11-16)22(27)24-9-10-25-18(13-24)12-19(23-25)21(26)15-6-7-15/h2-5,8,11-12,15,21,26H,6-7,9-10,13H2,1H3. The summed E-state index contributed by atoms with van der Waals surface area (Å²) in [7, 11) is 0. The molecule has 5 rings (SSSR count). The number of aliphatic hydroxyl groups is 1. The number of hydrogen-bond acceptors (Lipinski definition) is 4. The first-order valence-corrected chi connectivity index (χ1v) is 9.79. The third-order valence-electron chi connectivity index (χ3n) is 5.61. The average molecular weight is 377 g/mol. The average Bonchev–Trinajstić information content (AvgIpc) is 3.33. The van der Waals surface area contributed by atoms with Crippen LogP contribution in [-0.4, -0.2) is 32.2 Å². The number of fused-ring (bicyclic) bond motifs is 1. The summed E-state index contributed by atoms with van der Waals surface area (Å²) in [6.07, 6.45) is 1.66. The highest BCUT2D eigenvalue weighted by molar-refractivity contribution is 5.95.